The number of carboxylic acid groups (broad SMARTS) is 1. The van der Waals surface area contributed by atoms with Crippen LogP contribution in [-0.2, 0) is 29.0 Å². The number of ether oxygens (including phenoxy) is 1. The third-order valence-electron chi connectivity index (χ3n) is 5.51. The lowest BCUT2D eigenvalue weighted by atomic mass is 10.0. The van der Waals surface area contributed by atoms with E-state index in [9.17, 15) is 4.79 Å². The SMILES string of the molecule is O=C(O)CCCCNC[C@H](OCc1ccc(CCc2ccccc2)cc1)c1ccccc1. The molecule has 4 heteroatoms. The maximum absolute atomic E-state index is 10.6. The molecular weight excluding hydrogens is 398 g/mol. The third kappa shape index (κ3) is 8.66. The van der Waals surface area contributed by atoms with Crippen molar-refractivity contribution < 1.29 is 14.6 Å². The Balaban J connectivity index is 1.47. The molecule has 0 bridgehead atoms. The van der Waals surface area contributed by atoms with Crippen LogP contribution in [0.2, 0.25) is 0 Å². The molecule has 0 spiro atoms. The van der Waals surface area contributed by atoms with Gasteiger partial charge in [-0.15, -0.1) is 0 Å². The highest BCUT2D eigenvalue weighted by Crippen LogP contribution is 2.19. The lowest BCUT2D eigenvalue weighted by Gasteiger charge is -2.19. The average Bonchev–Trinajstić information content (AvgIpc) is 2.83. The van der Waals surface area contributed by atoms with Gasteiger partial charge in [-0.3, -0.25) is 4.79 Å². The summed E-state index contributed by atoms with van der Waals surface area (Å²) in [4.78, 5) is 10.6. The second kappa shape index (κ2) is 13.5. The number of carboxylic acids is 1. The lowest BCUT2D eigenvalue weighted by Crippen LogP contribution is -2.24. The van der Waals surface area contributed by atoms with Crippen LogP contribution in [0.5, 0.6) is 0 Å². The predicted molar refractivity (Wildman–Crippen MR) is 129 cm³/mol. The van der Waals surface area contributed by atoms with Gasteiger partial charge in [0.2, 0.25) is 0 Å². The largest absolute Gasteiger partial charge is 0.481 e. The van der Waals surface area contributed by atoms with Crippen molar-refractivity contribution in [3.63, 3.8) is 0 Å². The summed E-state index contributed by atoms with van der Waals surface area (Å²) in [6.07, 6.45) is 3.79. The Bertz CT molecular complexity index is 910. The summed E-state index contributed by atoms with van der Waals surface area (Å²) in [5.74, 6) is -0.735. The molecule has 0 unspecified atom stereocenters. The first-order chi connectivity index (χ1) is 15.7. The average molecular weight is 432 g/mol. The number of nitrogens with one attached hydrogen (secondary N) is 1. The molecule has 0 fully saturated rings. The highest BCUT2D eigenvalue weighted by atomic mass is 16.5. The van der Waals surface area contributed by atoms with Crippen LogP contribution in [0.3, 0.4) is 0 Å². The van der Waals surface area contributed by atoms with E-state index in [1.54, 1.807) is 0 Å². The predicted octanol–water partition coefficient (Wildman–Crippen LogP) is 5.57. The van der Waals surface area contributed by atoms with Crippen molar-refractivity contribution in [3.8, 4) is 0 Å². The summed E-state index contributed by atoms with van der Waals surface area (Å²) < 4.78 is 6.27. The fourth-order valence-corrected chi connectivity index (χ4v) is 3.63. The number of hydrogen-bond donors (Lipinski definition) is 2. The second-order valence-corrected chi connectivity index (χ2v) is 8.07. The van der Waals surface area contributed by atoms with E-state index in [4.69, 9.17) is 9.84 Å². The number of benzene rings is 3. The molecule has 0 aromatic heterocycles. The number of rotatable bonds is 14. The minimum atomic E-state index is -0.735. The first-order valence-corrected chi connectivity index (χ1v) is 11.4. The van der Waals surface area contributed by atoms with Gasteiger partial charge in [-0.2, -0.15) is 0 Å². The molecule has 1 atom stereocenters. The molecule has 2 N–H and O–H groups in total. The highest BCUT2D eigenvalue weighted by molar-refractivity contribution is 5.66. The van der Waals surface area contributed by atoms with Crippen molar-refractivity contribution in [2.75, 3.05) is 13.1 Å². The molecule has 0 saturated carbocycles. The smallest absolute Gasteiger partial charge is 0.303 e. The van der Waals surface area contributed by atoms with Gasteiger partial charge in [-0.05, 0) is 54.5 Å². The Hall–Kier alpha value is -2.95. The molecule has 3 aromatic rings. The van der Waals surface area contributed by atoms with Gasteiger partial charge in [0.25, 0.3) is 0 Å². The Labute approximate surface area is 191 Å². The Morgan fingerprint density at radius 1 is 0.781 bits per heavy atom. The Morgan fingerprint density at radius 3 is 2.03 bits per heavy atom. The van der Waals surface area contributed by atoms with E-state index in [-0.39, 0.29) is 12.5 Å². The topological polar surface area (TPSA) is 58.6 Å². The second-order valence-electron chi connectivity index (χ2n) is 8.07. The van der Waals surface area contributed by atoms with Gasteiger partial charge in [-0.1, -0.05) is 84.9 Å². The molecule has 32 heavy (non-hydrogen) atoms. The molecular formula is C28H33NO3. The maximum atomic E-state index is 10.6. The number of aliphatic carboxylic acids is 1. The van der Waals surface area contributed by atoms with Gasteiger partial charge in [0.05, 0.1) is 12.7 Å². The van der Waals surface area contributed by atoms with Crippen LogP contribution in [0.15, 0.2) is 84.9 Å². The minimum Gasteiger partial charge on any atom is -0.481 e. The van der Waals surface area contributed by atoms with E-state index in [0.717, 1.165) is 36.9 Å². The number of aryl methyl sites for hydroxylation is 2. The van der Waals surface area contributed by atoms with Crippen molar-refractivity contribution in [1.82, 2.24) is 5.32 Å². The van der Waals surface area contributed by atoms with Crippen molar-refractivity contribution in [2.45, 2.75) is 44.8 Å². The zero-order chi connectivity index (χ0) is 22.4. The molecule has 3 aromatic carbocycles. The van der Waals surface area contributed by atoms with E-state index >= 15 is 0 Å². The normalized spacial score (nSPS) is 11.9. The molecule has 0 aliphatic heterocycles. The van der Waals surface area contributed by atoms with Gasteiger partial charge in [0, 0.05) is 13.0 Å². The van der Waals surface area contributed by atoms with Crippen LogP contribution in [0, 0.1) is 0 Å². The summed E-state index contributed by atoms with van der Waals surface area (Å²) in [5, 5.41) is 12.2. The molecule has 0 heterocycles. The highest BCUT2D eigenvalue weighted by Gasteiger charge is 2.12. The van der Waals surface area contributed by atoms with Crippen LogP contribution < -0.4 is 5.32 Å². The summed E-state index contributed by atoms with van der Waals surface area (Å²) in [6.45, 7) is 2.04. The summed E-state index contributed by atoms with van der Waals surface area (Å²) in [6, 6.07) is 29.5. The van der Waals surface area contributed by atoms with E-state index < -0.39 is 5.97 Å². The summed E-state index contributed by atoms with van der Waals surface area (Å²) in [7, 11) is 0. The zero-order valence-electron chi connectivity index (χ0n) is 18.6. The van der Waals surface area contributed by atoms with Crippen LogP contribution in [0.25, 0.3) is 0 Å². The van der Waals surface area contributed by atoms with Gasteiger partial charge in [-0.25, -0.2) is 0 Å². The molecule has 4 nitrogen and oxygen atoms in total. The van der Waals surface area contributed by atoms with Crippen LogP contribution >= 0.6 is 0 Å². The summed E-state index contributed by atoms with van der Waals surface area (Å²) >= 11 is 0. The molecule has 168 valence electrons. The van der Waals surface area contributed by atoms with Gasteiger partial charge < -0.3 is 15.2 Å². The van der Waals surface area contributed by atoms with Crippen molar-refractivity contribution in [3.05, 3.63) is 107 Å². The zero-order valence-corrected chi connectivity index (χ0v) is 18.6. The minimum absolute atomic E-state index is 0.0477. The number of unbranched alkanes of at least 4 members (excludes halogenated alkanes) is 1. The number of hydrogen-bond acceptors (Lipinski definition) is 3. The molecule has 0 radical (unpaired) electrons. The molecule has 3 rings (SSSR count). The van der Waals surface area contributed by atoms with Crippen LogP contribution in [0.1, 0.15) is 47.6 Å². The first-order valence-electron chi connectivity index (χ1n) is 11.4. The standard InChI is InChI=1S/C28H33NO3/c30-28(31)13-7-8-20-29-21-27(26-11-5-2-6-12-26)32-22-25-18-16-24(17-19-25)15-14-23-9-3-1-4-10-23/h1-6,9-12,16-19,27,29H,7-8,13-15,20-22H2,(H,30,31)/t27-/m0/s1. The van der Waals surface area contributed by atoms with Gasteiger partial charge in [0.15, 0.2) is 0 Å². The quantitative estimate of drug-likeness (QED) is 0.328. The fourth-order valence-electron chi connectivity index (χ4n) is 3.63. The van der Waals surface area contributed by atoms with E-state index in [2.05, 4.69) is 72.0 Å². The summed E-state index contributed by atoms with van der Waals surface area (Å²) in [5.41, 5.74) is 5.00. The van der Waals surface area contributed by atoms with Crippen molar-refractivity contribution in [2.24, 2.45) is 0 Å². The van der Waals surface area contributed by atoms with Crippen molar-refractivity contribution >= 4 is 5.97 Å². The van der Waals surface area contributed by atoms with Crippen LogP contribution in [-0.4, -0.2) is 24.2 Å². The maximum Gasteiger partial charge on any atom is 0.303 e. The lowest BCUT2D eigenvalue weighted by molar-refractivity contribution is -0.137. The monoisotopic (exact) mass is 431 g/mol. The van der Waals surface area contributed by atoms with E-state index in [1.807, 2.05) is 18.2 Å². The molecule has 0 amide bonds. The molecule has 0 aliphatic carbocycles. The Kier molecular flexibility index (Phi) is 9.97. The molecule has 0 saturated heterocycles. The van der Waals surface area contributed by atoms with E-state index in [1.165, 1.54) is 11.1 Å². The van der Waals surface area contributed by atoms with Crippen LogP contribution in [0.4, 0.5) is 0 Å². The number of carbonyl (C=O) groups is 1. The van der Waals surface area contributed by atoms with Gasteiger partial charge in [0.1, 0.15) is 0 Å². The van der Waals surface area contributed by atoms with E-state index in [0.29, 0.717) is 19.6 Å². The van der Waals surface area contributed by atoms with Gasteiger partial charge >= 0.3 is 5.97 Å². The Morgan fingerprint density at radius 2 is 1.38 bits per heavy atom. The van der Waals surface area contributed by atoms with Crippen molar-refractivity contribution in [1.29, 1.82) is 0 Å². The fraction of sp³-hybridized carbons (Fsp3) is 0.321. The molecule has 0 aliphatic rings. The third-order valence-corrected chi connectivity index (χ3v) is 5.51. The first kappa shape index (κ1) is 23.7.